The predicted octanol–water partition coefficient (Wildman–Crippen LogP) is 7.69. The van der Waals surface area contributed by atoms with Crippen LogP contribution >= 0.6 is 0 Å². The highest BCUT2D eigenvalue weighted by atomic mass is 15.1. The van der Waals surface area contributed by atoms with Crippen LogP contribution < -0.4 is 16.8 Å². The molecule has 3 nitrogen and oxygen atoms in total. The van der Waals surface area contributed by atoms with Gasteiger partial charge in [-0.1, -0.05) is 63.0 Å². The summed E-state index contributed by atoms with van der Waals surface area (Å²) in [6, 6.07) is 0. The average Bonchev–Trinajstić information content (AvgIpc) is 2.96. The molecule has 0 aromatic rings. The van der Waals surface area contributed by atoms with Gasteiger partial charge >= 0.3 is 0 Å². The van der Waals surface area contributed by atoms with Gasteiger partial charge in [-0.05, 0) is 142 Å². The zero-order valence-corrected chi connectivity index (χ0v) is 24.3. The number of nitrogens with one attached hydrogen (secondary N) is 1. The molecule has 0 saturated heterocycles. The second-order valence-electron chi connectivity index (χ2n) is 14.7. The Hall–Kier alpha value is -0.900. The van der Waals surface area contributed by atoms with E-state index in [0.717, 1.165) is 47.3 Å². The number of rotatable bonds is 6. The van der Waals surface area contributed by atoms with Gasteiger partial charge < -0.3 is 11.5 Å². The van der Waals surface area contributed by atoms with E-state index in [1.54, 1.807) is 0 Å². The average molecular weight is 520 g/mol. The number of hydrogen-bond donors (Lipinski definition) is 3. The fourth-order valence-corrected chi connectivity index (χ4v) is 10.3. The van der Waals surface area contributed by atoms with Gasteiger partial charge in [0.1, 0.15) is 0 Å². The summed E-state index contributed by atoms with van der Waals surface area (Å²) < 4.78 is 0. The number of allylic oxidation sites excluding steroid dienone is 4. The number of hydrogen-bond acceptors (Lipinski definition) is 3. The van der Waals surface area contributed by atoms with Crippen molar-refractivity contribution in [2.45, 2.75) is 122 Å². The fourth-order valence-electron chi connectivity index (χ4n) is 10.3. The molecule has 0 bridgehead atoms. The standard InChI is InChI=1S/C35H57N3/c1-23-20-30(32-17-13-25-7-3-5-9-29(25)22-32)18-19-33(23)35(37)38-34(36)27-14-10-26(11-15-27)31-16-12-24-6-2-4-8-28(24)21-31/h5,9-10,14-15,23-26,28-35,38H,2-4,6-8,11-13,16-22,36-37H2,1H3/t23?,24?,25?,26?,28?,29?,30?,31?,32?,33?,34?,35-/m0/s1. The lowest BCUT2D eigenvalue weighted by Gasteiger charge is -2.45. The van der Waals surface area contributed by atoms with Gasteiger partial charge in [0, 0.05) is 0 Å². The Morgan fingerprint density at radius 1 is 0.711 bits per heavy atom. The molecular weight excluding hydrogens is 462 g/mol. The van der Waals surface area contributed by atoms with Crippen molar-refractivity contribution < 1.29 is 0 Å². The largest absolute Gasteiger partial charge is 0.316 e. The second-order valence-corrected chi connectivity index (χ2v) is 14.7. The normalized spacial score (nSPS) is 45.0. The van der Waals surface area contributed by atoms with Crippen molar-refractivity contribution in [1.29, 1.82) is 0 Å². The van der Waals surface area contributed by atoms with Crippen molar-refractivity contribution in [3.05, 3.63) is 36.0 Å². The van der Waals surface area contributed by atoms with Gasteiger partial charge in [0.15, 0.2) is 0 Å². The Labute approximate surface area is 233 Å². The SMILES string of the molecule is CC1CC(C2CCC3CCC=CC3C2)CCC1[C@@H](N)NC(N)C1=CCC(C2CCC3CCCCC3C2)C=C1. The summed E-state index contributed by atoms with van der Waals surface area (Å²) in [7, 11) is 0. The lowest BCUT2D eigenvalue weighted by atomic mass is 9.62. The summed E-state index contributed by atoms with van der Waals surface area (Å²) in [5.74, 6) is 8.57. The highest BCUT2D eigenvalue weighted by Gasteiger charge is 2.39. The summed E-state index contributed by atoms with van der Waals surface area (Å²) in [4.78, 5) is 0. The van der Waals surface area contributed by atoms with Crippen LogP contribution in [0.1, 0.15) is 110 Å². The first-order valence-electron chi connectivity index (χ1n) is 16.9. The maximum absolute atomic E-state index is 6.81. The first-order chi connectivity index (χ1) is 18.5. The van der Waals surface area contributed by atoms with Crippen LogP contribution in [0.15, 0.2) is 36.0 Å². The minimum absolute atomic E-state index is 0.00781. The lowest BCUT2D eigenvalue weighted by molar-refractivity contribution is 0.0762. The molecule has 12 atom stereocenters. The van der Waals surface area contributed by atoms with Crippen LogP contribution in [0.25, 0.3) is 0 Å². The Bertz CT molecular complexity index is 874. The topological polar surface area (TPSA) is 64.1 Å². The highest BCUT2D eigenvalue weighted by molar-refractivity contribution is 5.28. The number of nitrogens with two attached hydrogens (primary N) is 2. The van der Waals surface area contributed by atoms with Gasteiger partial charge in [0.05, 0.1) is 12.3 Å². The van der Waals surface area contributed by atoms with Crippen LogP contribution in [-0.4, -0.2) is 12.3 Å². The Morgan fingerprint density at radius 2 is 1.42 bits per heavy atom. The minimum atomic E-state index is -0.144. The van der Waals surface area contributed by atoms with Crippen LogP contribution in [-0.2, 0) is 0 Å². The smallest absolute Gasteiger partial charge is 0.0818 e. The molecule has 4 fully saturated rings. The van der Waals surface area contributed by atoms with E-state index in [1.807, 2.05) is 0 Å². The molecule has 4 saturated carbocycles. The van der Waals surface area contributed by atoms with Crippen molar-refractivity contribution in [3.63, 3.8) is 0 Å². The summed E-state index contributed by atoms with van der Waals surface area (Å²) in [6.07, 6.45) is 34.7. The molecule has 0 spiro atoms. The molecule has 6 aliphatic rings. The summed E-state index contributed by atoms with van der Waals surface area (Å²) in [6.45, 7) is 2.46. The minimum Gasteiger partial charge on any atom is -0.316 e. The Kier molecular flexibility index (Phi) is 8.84. The van der Waals surface area contributed by atoms with E-state index >= 15 is 0 Å². The van der Waals surface area contributed by atoms with E-state index in [4.69, 9.17) is 11.5 Å². The molecule has 212 valence electrons. The third-order valence-electron chi connectivity index (χ3n) is 12.7. The van der Waals surface area contributed by atoms with Gasteiger partial charge in [-0.15, -0.1) is 0 Å². The van der Waals surface area contributed by atoms with E-state index in [-0.39, 0.29) is 12.3 Å². The zero-order valence-electron chi connectivity index (χ0n) is 24.3. The molecule has 3 heteroatoms. The highest BCUT2D eigenvalue weighted by Crippen LogP contribution is 2.48. The first-order valence-corrected chi connectivity index (χ1v) is 16.9. The van der Waals surface area contributed by atoms with Gasteiger partial charge in [0.2, 0.25) is 0 Å². The quantitative estimate of drug-likeness (QED) is 0.249. The molecule has 6 aliphatic carbocycles. The summed E-state index contributed by atoms with van der Waals surface area (Å²) in [5.41, 5.74) is 14.8. The van der Waals surface area contributed by atoms with Crippen molar-refractivity contribution in [1.82, 2.24) is 5.32 Å². The monoisotopic (exact) mass is 519 g/mol. The Balaban J connectivity index is 0.960. The predicted molar refractivity (Wildman–Crippen MR) is 160 cm³/mol. The Morgan fingerprint density at radius 3 is 2.24 bits per heavy atom. The molecule has 0 amide bonds. The molecule has 5 N–H and O–H groups in total. The van der Waals surface area contributed by atoms with Crippen molar-refractivity contribution >= 4 is 0 Å². The molecule has 11 unspecified atom stereocenters. The molecule has 0 heterocycles. The maximum atomic E-state index is 6.81. The van der Waals surface area contributed by atoms with E-state index in [9.17, 15) is 0 Å². The van der Waals surface area contributed by atoms with Gasteiger partial charge in [-0.3, -0.25) is 5.32 Å². The first kappa shape index (κ1) is 27.3. The van der Waals surface area contributed by atoms with Crippen LogP contribution in [0.4, 0.5) is 0 Å². The van der Waals surface area contributed by atoms with Crippen LogP contribution in [0.3, 0.4) is 0 Å². The molecule has 6 rings (SSSR count). The van der Waals surface area contributed by atoms with E-state index in [2.05, 4.69) is 42.6 Å². The van der Waals surface area contributed by atoms with Crippen molar-refractivity contribution in [2.75, 3.05) is 0 Å². The molecular formula is C35H57N3. The van der Waals surface area contributed by atoms with Crippen LogP contribution in [0, 0.1) is 59.2 Å². The molecule has 0 aliphatic heterocycles. The third-order valence-corrected chi connectivity index (χ3v) is 12.7. The summed E-state index contributed by atoms with van der Waals surface area (Å²) >= 11 is 0. The van der Waals surface area contributed by atoms with Gasteiger partial charge in [0.25, 0.3) is 0 Å². The van der Waals surface area contributed by atoms with E-state index < -0.39 is 0 Å². The van der Waals surface area contributed by atoms with E-state index in [0.29, 0.717) is 11.8 Å². The number of fused-ring (bicyclic) bond motifs is 2. The maximum Gasteiger partial charge on any atom is 0.0818 e. The fraction of sp³-hybridized carbons (Fsp3) is 0.829. The van der Waals surface area contributed by atoms with E-state index in [1.165, 1.54) is 108 Å². The van der Waals surface area contributed by atoms with Crippen molar-refractivity contribution in [2.24, 2.45) is 70.6 Å². The van der Waals surface area contributed by atoms with Crippen LogP contribution in [0.5, 0.6) is 0 Å². The van der Waals surface area contributed by atoms with Gasteiger partial charge in [-0.2, -0.15) is 0 Å². The van der Waals surface area contributed by atoms with Crippen molar-refractivity contribution in [3.8, 4) is 0 Å². The molecule has 0 aromatic carbocycles. The van der Waals surface area contributed by atoms with Gasteiger partial charge in [-0.25, -0.2) is 0 Å². The van der Waals surface area contributed by atoms with Crippen LogP contribution in [0.2, 0.25) is 0 Å². The zero-order chi connectivity index (χ0) is 26.1. The third kappa shape index (κ3) is 6.06. The lowest BCUT2D eigenvalue weighted by Crippen LogP contribution is -2.55. The molecule has 38 heavy (non-hydrogen) atoms. The second kappa shape index (κ2) is 12.3. The molecule has 0 radical (unpaired) electrons. The summed E-state index contributed by atoms with van der Waals surface area (Å²) in [5, 5.41) is 3.64. The molecule has 0 aromatic heterocycles.